The molecule has 2 aromatic carbocycles. The highest BCUT2D eigenvalue weighted by atomic mass is 79.9. The Morgan fingerprint density at radius 1 is 1.16 bits per heavy atom. The summed E-state index contributed by atoms with van der Waals surface area (Å²) in [4.78, 5) is 0. The number of nitrogens with zero attached hydrogens (tertiary/aromatic N) is 1. The molecule has 1 atom stereocenters. The molecule has 1 N–H and O–H groups in total. The van der Waals surface area contributed by atoms with Crippen molar-refractivity contribution in [2.45, 2.75) is 6.04 Å². The summed E-state index contributed by atoms with van der Waals surface area (Å²) in [6.07, 6.45) is 0. The molecule has 2 nitrogen and oxygen atoms in total. The molecule has 0 fully saturated rings. The van der Waals surface area contributed by atoms with Crippen molar-refractivity contribution in [3.05, 3.63) is 62.5 Å². The first-order valence-corrected chi connectivity index (χ1v) is 7.02. The summed E-state index contributed by atoms with van der Waals surface area (Å²) in [5.41, 5.74) is 1.48. The summed E-state index contributed by atoms with van der Waals surface area (Å²) in [5.74, 6) is 0. The fourth-order valence-corrected chi connectivity index (χ4v) is 2.46. The lowest BCUT2D eigenvalue weighted by Gasteiger charge is -2.16. The van der Waals surface area contributed by atoms with Crippen LogP contribution in [0.4, 0.5) is 5.69 Å². The molecular weight excluding hydrogens is 347 g/mol. The standard InChI is InChI=1S/C14H9BrCl2N2/c15-11-3-1-2-4-13(11)19-14(8-18)10-7-9(16)5-6-12(10)17/h1-7,14,19H. The first-order chi connectivity index (χ1) is 9.11. The van der Waals surface area contributed by atoms with E-state index < -0.39 is 6.04 Å². The van der Waals surface area contributed by atoms with Gasteiger partial charge in [0, 0.05) is 25.8 Å². The number of nitrogens with one attached hydrogen (secondary N) is 1. The number of nitriles is 1. The first-order valence-electron chi connectivity index (χ1n) is 5.47. The molecule has 19 heavy (non-hydrogen) atoms. The molecule has 2 rings (SSSR count). The highest BCUT2D eigenvalue weighted by Gasteiger charge is 2.15. The van der Waals surface area contributed by atoms with Crippen molar-refractivity contribution >= 4 is 44.8 Å². The Morgan fingerprint density at radius 2 is 1.89 bits per heavy atom. The molecule has 0 bridgehead atoms. The minimum absolute atomic E-state index is 0.510. The smallest absolute Gasteiger partial charge is 0.141 e. The molecule has 96 valence electrons. The summed E-state index contributed by atoms with van der Waals surface area (Å²) in [7, 11) is 0. The molecule has 1 unspecified atom stereocenters. The van der Waals surface area contributed by atoms with Crippen LogP contribution in [0.3, 0.4) is 0 Å². The molecule has 0 aromatic heterocycles. The van der Waals surface area contributed by atoms with E-state index in [1.165, 1.54) is 0 Å². The maximum atomic E-state index is 9.32. The molecule has 5 heteroatoms. The number of anilines is 1. The van der Waals surface area contributed by atoms with E-state index in [-0.39, 0.29) is 0 Å². The van der Waals surface area contributed by atoms with E-state index in [0.717, 1.165) is 10.2 Å². The monoisotopic (exact) mass is 354 g/mol. The Bertz CT molecular complexity index is 638. The molecule has 0 aliphatic heterocycles. The Kier molecular flexibility index (Phi) is 4.71. The van der Waals surface area contributed by atoms with Crippen LogP contribution in [0.25, 0.3) is 0 Å². The van der Waals surface area contributed by atoms with Gasteiger partial charge in [-0.3, -0.25) is 0 Å². The molecule has 0 aliphatic carbocycles. The van der Waals surface area contributed by atoms with Crippen LogP contribution >= 0.6 is 39.1 Å². The lowest BCUT2D eigenvalue weighted by molar-refractivity contribution is 0.996. The van der Waals surface area contributed by atoms with Gasteiger partial charge in [-0.15, -0.1) is 0 Å². The Hall–Kier alpha value is -1.21. The van der Waals surface area contributed by atoms with Gasteiger partial charge in [0.05, 0.1) is 6.07 Å². The predicted molar refractivity (Wildman–Crippen MR) is 82.6 cm³/mol. The van der Waals surface area contributed by atoms with Crippen molar-refractivity contribution in [1.82, 2.24) is 0 Å². The van der Waals surface area contributed by atoms with Gasteiger partial charge in [0.15, 0.2) is 0 Å². The maximum Gasteiger partial charge on any atom is 0.141 e. The predicted octanol–water partition coefficient (Wildman–Crippen LogP) is 5.43. The summed E-state index contributed by atoms with van der Waals surface area (Å²) in [6.45, 7) is 0. The van der Waals surface area contributed by atoms with Gasteiger partial charge < -0.3 is 5.32 Å². The Morgan fingerprint density at radius 3 is 2.58 bits per heavy atom. The van der Waals surface area contributed by atoms with Crippen molar-refractivity contribution in [2.24, 2.45) is 0 Å². The second-order valence-electron chi connectivity index (χ2n) is 3.85. The Labute approximate surface area is 130 Å². The van der Waals surface area contributed by atoms with E-state index in [4.69, 9.17) is 23.2 Å². The van der Waals surface area contributed by atoms with Gasteiger partial charge in [-0.2, -0.15) is 5.26 Å². The highest BCUT2D eigenvalue weighted by molar-refractivity contribution is 9.10. The maximum absolute atomic E-state index is 9.32. The number of hydrogen-bond acceptors (Lipinski definition) is 2. The largest absolute Gasteiger partial charge is 0.365 e. The third kappa shape index (κ3) is 3.42. The molecule has 0 radical (unpaired) electrons. The van der Waals surface area contributed by atoms with E-state index in [0.29, 0.717) is 15.6 Å². The van der Waals surface area contributed by atoms with Crippen molar-refractivity contribution < 1.29 is 0 Å². The zero-order valence-corrected chi connectivity index (χ0v) is 12.8. The van der Waals surface area contributed by atoms with Crippen molar-refractivity contribution in [2.75, 3.05) is 5.32 Å². The second-order valence-corrected chi connectivity index (χ2v) is 5.55. The van der Waals surface area contributed by atoms with Crippen molar-refractivity contribution in [1.29, 1.82) is 5.26 Å². The van der Waals surface area contributed by atoms with Crippen LogP contribution < -0.4 is 5.32 Å². The minimum atomic E-state index is -0.565. The van der Waals surface area contributed by atoms with Gasteiger partial charge in [-0.1, -0.05) is 35.3 Å². The number of hydrogen-bond donors (Lipinski definition) is 1. The molecular formula is C14H9BrCl2N2. The molecule has 2 aromatic rings. The van der Waals surface area contributed by atoms with Crippen LogP contribution in [0, 0.1) is 11.3 Å². The highest BCUT2D eigenvalue weighted by Crippen LogP contribution is 2.30. The molecule has 0 spiro atoms. The molecule has 0 saturated carbocycles. The average molecular weight is 356 g/mol. The van der Waals surface area contributed by atoms with Crippen LogP contribution in [0.5, 0.6) is 0 Å². The summed E-state index contributed by atoms with van der Waals surface area (Å²) in [6, 6.07) is 14.3. The third-order valence-electron chi connectivity index (χ3n) is 2.57. The number of rotatable bonds is 3. The van der Waals surface area contributed by atoms with Crippen LogP contribution in [0.1, 0.15) is 11.6 Å². The normalized spacial score (nSPS) is 11.7. The van der Waals surface area contributed by atoms with Crippen LogP contribution in [-0.4, -0.2) is 0 Å². The molecule has 0 aliphatic rings. The number of halogens is 3. The van der Waals surface area contributed by atoms with Crippen molar-refractivity contribution in [3.8, 4) is 6.07 Å². The first kappa shape index (κ1) is 14.2. The fourth-order valence-electron chi connectivity index (χ4n) is 1.65. The lowest BCUT2D eigenvalue weighted by atomic mass is 10.1. The van der Waals surface area contributed by atoms with Gasteiger partial charge in [0.1, 0.15) is 6.04 Å². The number of benzene rings is 2. The van der Waals surface area contributed by atoms with E-state index in [1.807, 2.05) is 24.3 Å². The van der Waals surface area contributed by atoms with Gasteiger partial charge >= 0.3 is 0 Å². The topological polar surface area (TPSA) is 35.8 Å². The third-order valence-corrected chi connectivity index (χ3v) is 3.84. The van der Waals surface area contributed by atoms with Gasteiger partial charge in [-0.05, 0) is 46.3 Å². The minimum Gasteiger partial charge on any atom is -0.365 e. The van der Waals surface area contributed by atoms with Gasteiger partial charge in [0.25, 0.3) is 0 Å². The van der Waals surface area contributed by atoms with E-state index in [9.17, 15) is 5.26 Å². The molecule has 0 saturated heterocycles. The SMILES string of the molecule is N#CC(Nc1ccccc1Br)c1cc(Cl)ccc1Cl. The number of para-hydroxylation sites is 1. The van der Waals surface area contributed by atoms with Crippen LogP contribution in [-0.2, 0) is 0 Å². The van der Waals surface area contributed by atoms with Gasteiger partial charge in [-0.25, -0.2) is 0 Å². The fraction of sp³-hybridized carbons (Fsp3) is 0.0714. The quantitative estimate of drug-likeness (QED) is 0.796. The summed E-state index contributed by atoms with van der Waals surface area (Å²) < 4.78 is 0.883. The Balaban J connectivity index is 2.34. The summed E-state index contributed by atoms with van der Waals surface area (Å²) in [5, 5.41) is 13.5. The van der Waals surface area contributed by atoms with Gasteiger partial charge in [0.2, 0.25) is 0 Å². The average Bonchev–Trinajstić information content (AvgIpc) is 2.41. The molecule has 0 heterocycles. The van der Waals surface area contributed by atoms with E-state index >= 15 is 0 Å². The van der Waals surface area contributed by atoms with E-state index in [1.54, 1.807) is 18.2 Å². The zero-order chi connectivity index (χ0) is 13.8. The van der Waals surface area contributed by atoms with E-state index in [2.05, 4.69) is 27.3 Å². The second kappa shape index (κ2) is 6.29. The van der Waals surface area contributed by atoms with Crippen LogP contribution in [0.15, 0.2) is 46.9 Å². The summed E-state index contributed by atoms with van der Waals surface area (Å²) >= 11 is 15.5. The van der Waals surface area contributed by atoms with Crippen molar-refractivity contribution in [3.63, 3.8) is 0 Å². The lowest BCUT2D eigenvalue weighted by Crippen LogP contribution is -2.09. The molecule has 0 amide bonds. The van der Waals surface area contributed by atoms with Crippen LogP contribution in [0.2, 0.25) is 10.0 Å². The zero-order valence-electron chi connectivity index (χ0n) is 9.70.